The number of aliphatic hydroxyl groups excluding tert-OH is 1. The molecule has 3 N–H and O–H groups in total. The topological polar surface area (TPSA) is 100 Å². The van der Waals surface area contributed by atoms with E-state index in [0.29, 0.717) is 34.1 Å². The molecule has 1 heterocycles. The Kier molecular flexibility index (Phi) is 9.81. The molecule has 0 radical (unpaired) electrons. The molecule has 206 valence electrons. The highest BCUT2D eigenvalue weighted by atomic mass is 35.5. The van der Waals surface area contributed by atoms with Crippen LogP contribution < -0.4 is 15.4 Å². The second-order valence-corrected chi connectivity index (χ2v) is 10.0. The molecule has 0 spiro atoms. The van der Waals surface area contributed by atoms with Gasteiger partial charge in [-0.05, 0) is 55.6 Å². The van der Waals surface area contributed by atoms with E-state index in [9.17, 15) is 14.7 Å². The van der Waals surface area contributed by atoms with Crippen LogP contribution in [0.15, 0.2) is 60.7 Å². The zero-order valence-electron chi connectivity index (χ0n) is 22.2. The summed E-state index contributed by atoms with van der Waals surface area (Å²) in [6, 6.07) is 18.7. The molecule has 9 heteroatoms. The SMILES string of the molecule is COc1cc(NC(=O)CCc2ccc(NC(=O)OC3CCN(C)CC3)c(-c3ccccc3)c2)c(Cl)cc1CO. The van der Waals surface area contributed by atoms with Gasteiger partial charge in [-0.2, -0.15) is 0 Å². The van der Waals surface area contributed by atoms with Gasteiger partial charge in [0.05, 0.1) is 30.1 Å². The summed E-state index contributed by atoms with van der Waals surface area (Å²) in [5.41, 5.74) is 4.34. The first kappa shape index (κ1) is 28.4. The maximum absolute atomic E-state index is 12.7. The Morgan fingerprint density at radius 3 is 2.46 bits per heavy atom. The van der Waals surface area contributed by atoms with Crippen LogP contribution in [-0.2, 0) is 22.6 Å². The van der Waals surface area contributed by atoms with E-state index in [1.54, 1.807) is 12.1 Å². The fourth-order valence-electron chi connectivity index (χ4n) is 4.58. The summed E-state index contributed by atoms with van der Waals surface area (Å²) in [5.74, 6) is 0.239. The molecular formula is C30H34ClN3O5. The average molecular weight is 552 g/mol. The van der Waals surface area contributed by atoms with Gasteiger partial charge in [0.25, 0.3) is 0 Å². The van der Waals surface area contributed by atoms with E-state index >= 15 is 0 Å². The molecule has 1 fully saturated rings. The predicted molar refractivity (Wildman–Crippen MR) is 153 cm³/mol. The highest BCUT2D eigenvalue weighted by Crippen LogP contribution is 2.32. The Labute approximate surface area is 233 Å². The smallest absolute Gasteiger partial charge is 0.411 e. The van der Waals surface area contributed by atoms with Crippen molar-refractivity contribution in [2.75, 3.05) is 37.9 Å². The number of anilines is 2. The number of piperidine rings is 1. The van der Waals surface area contributed by atoms with Crippen molar-refractivity contribution in [3.8, 4) is 16.9 Å². The summed E-state index contributed by atoms with van der Waals surface area (Å²) in [6.07, 6.45) is 1.79. The van der Waals surface area contributed by atoms with Gasteiger partial charge in [-0.1, -0.05) is 48.0 Å². The molecule has 0 unspecified atom stereocenters. The van der Waals surface area contributed by atoms with Crippen molar-refractivity contribution in [1.82, 2.24) is 4.90 Å². The number of aryl methyl sites for hydroxylation is 1. The van der Waals surface area contributed by atoms with Crippen LogP contribution >= 0.6 is 11.6 Å². The highest BCUT2D eigenvalue weighted by Gasteiger charge is 2.21. The van der Waals surface area contributed by atoms with Gasteiger partial charge in [-0.25, -0.2) is 4.79 Å². The van der Waals surface area contributed by atoms with Crippen molar-refractivity contribution in [3.63, 3.8) is 0 Å². The number of methoxy groups -OCH3 is 1. The molecule has 0 aromatic heterocycles. The van der Waals surface area contributed by atoms with Crippen LogP contribution in [0.1, 0.15) is 30.4 Å². The molecular weight excluding hydrogens is 518 g/mol. The maximum atomic E-state index is 12.7. The highest BCUT2D eigenvalue weighted by molar-refractivity contribution is 6.33. The van der Waals surface area contributed by atoms with E-state index in [0.717, 1.165) is 42.6 Å². The third-order valence-corrected chi connectivity index (χ3v) is 7.11. The Morgan fingerprint density at radius 1 is 1.03 bits per heavy atom. The predicted octanol–water partition coefficient (Wildman–Crippen LogP) is 5.72. The summed E-state index contributed by atoms with van der Waals surface area (Å²) in [4.78, 5) is 27.7. The minimum absolute atomic E-state index is 0.0903. The van der Waals surface area contributed by atoms with E-state index in [1.807, 2.05) is 48.5 Å². The van der Waals surface area contributed by atoms with Crippen molar-refractivity contribution in [1.29, 1.82) is 0 Å². The lowest BCUT2D eigenvalue weighted by Crippen LogP contribution is -2.36. The van der Waals surface area contributed by atoms with Crippen LogP contribution in [-0.4, -0.2) is 55.4 Å². The van der Waals surface area contributed by atoms with Crippen LogP contribution in [0.5, 0.6) is 5.75 Å². The molecule has 3 aromatic carbocycles. The summed E-state index contributed by atoms with van der Waals surface area (Å²) >= 11 is 6.29. The number of hydrogen-bond donors (Lipinski definition) is 3. The monoisotopic (exact) mass is 551 g/mol. The second-order valence-electron chi connectivity index (χ2n) is 9.63. The molecule has 3 aromatic rings. The Hall–Kier alpha value is -3.59. The van der Waals surface area contributed by atoms with Gasteiger partial charge in [0, 0.05) is 36.7 Å². The molecule has 2 amide bonds. The molecule has 4 rings (SSSR count). The first-order valence-corrected chi connectivity index (χ1v) is 13.4. The first-order valence-electron chi connectivity index (χ1n) is 13.0. The molecule has 8 nitrogen and oxygen atoms in total. The van der Waals surface area contributed by atoms with Gasteiger partial charge < -0.3 is 24.8 Å². The third-order valence-electron chi connectivity index (χ3n) is 6.80. The quantitative estimate of drug-likeness (QED) is 0.314. The van der Waals surface area contributed by atoms with Gasteiger partial charge >= 0.3 is 6.09 Å². The number of hydrogen-bond acceptors (Lipinski definition) is 6. The van der Waals surface area contributed by atoms with Gasteiger partial charge in [-0.15, -0.1) is 0 Å². The van der Waals surface area contributed by atoms with Crippen molar-refractivity contribution >= 4 is 35.0 Å². The molecule has 0 aliphatic carbocycles. The standard InChI is InChI=1S/C30H34ClN3O5/c1-34-14-12-23(13-15-34)39-30(37)33-26-10-8-20(16-24(26)21-6-4-3-5-7-21)9-11-29(36)32-27-18-28(38-2)22(19-35)17-25(27)31/h3-8,10,16-18,23,35H,9,11-15,19H2,1-2H3,(H,32,36)(H,33,37). The van der Waals surface area contributed by atoms with Crippen LogP contribution in [0.25, 0.3) is 11.1 Å². The fourth-order valence-corrected chi connectivity index (χ4v) is 4.81. The van der Waals surface area contributed by atoms with E-state index < -0.39 is 6.09 Å². The lowest BCUT2D eigenvalue weighted by Gasteiger charge is -2.28. The van der Waals surface area contributed by atoms with Crippen molar-refractivity contribution < 1.29 is 24.2 Å². The lowest BCUT2D eigenvalue weighted by atomic mass is 9.99. The number of halogens is 1. The van der Waals surface area contributed by atoms with E-state index in [4.69, 9.17) is 21.1 Å². The number of aliphatic hydroxyl groups is 1. The fraction of sp³-hybridized carbons (Fsp3) is 0.333. The van der Waals surface area contributed by atoms with Crippen molar-refractivity contribution in [2.24, 2.45) is 0 Å². The number of carbonyl (C=O) groups is 2. The molecule has 1 aliphatic rings. The Bertz CT molecular complexity index is 1290. The number of nitrogens with one attached hydrogen (secondary N) is 2. The lowest BCUT2D eigenvalue weighted by molar-refractivity contribution is -0.116. The third kappa shape index (κ3) is 7.72. The number of benzene rings is 3. The number of amides is 2. The molecule has 0 bridgehead atoms. The van der Waals surface area contributed by atoms with Gasteiger partial charge in [-0.3, -0.25) is 10.1 Å². The molecule has 0 saturated carbocycles. The number of nitrogens with zero attached hydrogens (tertiary/aromatic N) is 1. The zero-order valence-corrected chi connectivity index (χ0v) is 23.0. The van der Waals surface area contributed by atoms with E-state index in [1.165, 1.54) is 7.11 Å². The Morgan fingerprint density at radius 2 is 1.77 bits per heavy atom. The van der Waals surface area contributed by atoms with Crippen LogP contribution in [0.3, 0.4) is 0 Å². The van der Waals surface area contributed by atoms with E-state index in [-0.39, 0.29) is 25.0 Å². The number of rotatable bonds is 9. The van der Waals surface area contributed by atoms with Crippen molar-refractivity contribution in [3.05, 3.63) is 76.8 Å². The number of likely N-dealkylation sites (tertiary alicyclic amines) is 1. The molecule has 0 atom stereocenters. The summed E-state index contributed by atoms with van der Waals surface area (Å²) in [6.45, 7) is 1.59. The zero-order chi connectivity index (χ0) is 27.8. The van der Waals surface area contributed by atoms with Crippen LogP contribution in [0.4, 0.5) is 16.2 Å². The second kappa shape index (κ2) is 13.5. The molecule has 39 heavy (non-hydrogen) atoms. The molecule has 1 saturated heterocycles. The summed E-state index contributed by atoms with van der Waals surface area (Å²) in [5, 5.41) is 15.5. The van der Waals surface area contributed by atoms with Crippen LogP contribution in [0, 0.1) is 0 Å². The van der Waals surface area contributed by atoms with Gasteiger partial charge in [0.1, 0.15) is 11.9 Å². The Balaban J connectivity index is 1.44. The van der Waals surface area contributed by atoms with Gasteiger partial charge in [0.15, 0.2) is 0 Å². The number of carbonyl (C=O) groups excluding carboxylic acids is 2. The average Bonchev–Trinajstić information content (AvgIpc) is 2.95. The first-order chi connectivity index (χ1) is 18.9. The largest absolute Gasteiger partial charge is 0.496 e. The maximum Gasteiger partial charge on any atom is 0.411 e. The summed E-state index contributed by atoms with van der Waals surface area (Å²) < 4.78 is 11.0. The van der Waals surface area contributed by atoms with E-state index in [2.05, 4.69) is 22.6 Å². The van der Waals surface area contributed by atoms with Crippen LogP contribution in [0.2, 0.25) is 5.02 Å². The minimum Gasteiger partial charge on any atom is -0.496 e. The summed E-state index contributed by atoms with van der Waals surface area (Å²) in [7, 11) is 3.56. The van der Waals surface area contributed by atoms with Crippen molar-refractivity contribution in [2.45, 2.75) is 38.4 Å². The minimum atomic E-state index is -0.464. The molecule has 1 aliphatic heterocycles. The number of ether oxygens (including phenoxy) is 2. The normalized spacial score (nSPS) is 14.1. The van der Waals surface area contributed by atoms with Gasteiger partial charge in [0.2, 0.25) is 5.91 Å².